The number of cyclic esters (lactones) is 1. The van der Waals surface area contributed by atoms with Crippen molar-refractivity contribution in [3.63, 3.8) is 0 Å². The largest absolute Gasteiger partial charge is 0.481 e. The molecule has 0 aliphatic carbocycles. The van der Waals surface area contributed by atoms with E-state index in [2.05, 4.69) is 0 Å². The van der Waals surface area contributed by atoms with Crippen LogP contribution < -0.4 is 0 Å². The minimum atomic E-state index is -0.922. The van der Waals surface area contributed by atoms with E-state index in [-0.39, 0.29) is 25.6 Å². The molecule has 92 valence electrons. The van der Waals surface area contributed by atoms with E-state index in [0.717, 1.165) is 0 Å². The van der Waals surface area contributed by atoms with Gasteiger partial charge in [0, 0.05) is 12.5 Å². The number of amides is 1. The van der Waals surface area contributed by atoms with Gasteiger partial charge >= 0.3 is 12.1 Å². The molecule has 0 saturated carbocycles. The van der Waals surface area contributed by atoms with Crippen molar-refractivity contribution >= 4 is 12.1 Å². The molecule has 0 spiro atoms. The molecule has 17 heavy (non-hydrogen) atoms. The van der Waals surface area contributed by atoms with E-state index in [1.165, 1.54) is 11.2 Å². The highest BCUT2D eigenvalue weighted by molar-refractivity contribution is 5.72. The minimum Gasteiger partial charge on any atom is -0.481 e. The summed E-state index contributed by atoms with van der Waals surface area (Å²) in [6, 6.07) is 3.12. The predicted octanol–water partition coefficient (Wildman–Crippen LogP) is 1.47. The Morgan fingerprint density at radius 3 is 3.06 bits per heavy atom. The molecule has 1 amide bonds. The number of carboxylic acids is 1. The summed E-state index contributed by atoms with van der Waals surface area (Å²) in [6.07, 6.45) is 1.48. The van der Waals surface area contributed by atoms with Crippen molar-refractivity contribution in [2.75, 3.05) is 6.61 Å². The first-order chi connectivity index (χ1) is 8.16. The lowest BCUT2D eigenvalue weighted by Gasteiger charge is -2.33. The zero-order chi connectivity index (χ0) is 12.3. The fraction of sp³-hybridized carbons (Fsp3) is 0.455. The smallest absolute Gasteiger partial charge is 0.410 e. The highest BCUT2D eigenvalue weighted by Gasteiger charge is 2.31. The molecule has 1 aromatic heterocycles. The van der Waals surface area contributed by atoms with Crippen molar-refractivity contribution in [1.29, 1.82) is 0 Å². The fourth-order valence-electron chi connectivity index (χ4n) is 1.85. The number of ether oxygens (including phenoxy) is 1. The average molecular weight is 239 g/mol. The Morgan fingerprint density at radius 2 is 2.41 bits per heavy atom. The molecule has 2 rings (SSSR count). The summed E-state index contributed by atoms with van der Waals surface area (Å²) >= 11 is 0. The van der Waals surface area contributed by atoms with Crippen LogP contribution in [0, 0.1) is 0 Å². The van der Waals surface area contributed by atoms with Crippen LogP contribution in [0.4, 0.5) is 4.79 Å². The maximum atomic E-state index is 11.6. The van der Waals surface area contributed by atoms with Crippen molar-refractivity contribution in [2.45, 2.75) is 25.4 Å². The molecule has 1 atom stereocenters. The Kier molecular flexibility index (Phi) is 3.32. The first kappa shape index (κ1) is 11.5. The summed E-state index contributed by atoms with van der Waals surface area (Å²) in [5, 5.41) is 8.79. The van der Waals surface area contributed by atoms with Gasteiger partial charge in [-0.1, -0.05) is 0 Å². The summed E-state index contributed by atoms with van der Waals surface area (Å²) in [7, 11) is 0. The van der Waals surface area contributed by atoms with Gasteiger partial charge in [0.05, 0.1) is 25.8 Å². The highest BCUT2D eigenvalue weighted by atomic mass is 16.6. The van der Waals surface area contributed by atoms with Crippen LogP contribution in [-0.4, -0.2) is 34.7 Å². The third-order valence-electron chi connectivity index (χ3n) is 2.67. The minimum absolute atomic E-state index is 0.0736. The van der Waals surface area contributed by atoms with Crippen molar-refractivity contribution in [2.24, 2.45) is 0 Å². The van der Waals surface area contributed by atoms with Crippen molar-refractivity contribution < 1.29 is 23.8 Å². The second-order valence-electron chi connectivity index (χ2n) is 3.86. The predicted molar refractivity (Wildman–Crippen MR) is 56.3 cm³/mol. The van der Waals surface area contributed by atoms with Crippen LogP contribution in [0.3, 0.4) is 0 Å². The number of carbonyl (C=O) groups excluding carboxylic acids is 1. The molecule has 0 radical (unpaired) electrons. The molecule has 1 N–H and O–H groups in total. The number of rotatable bonds is 4. The van der Waals surface area contributed by atoms with Gasteiger partial charge in [-0.05, 0) is 12.1 Å². The number of furan rings is 1. The van der Waals surface area contributed by atoms with Gasteiger partial charge in [-0.15, -0.1) is 0 Å². The molecule has 1 unspecified atom stereocenters. The van der Waals surface area contributed by atoms with Crippen molar-refractivity contribution in [3.05, 3.63) is 24.2 Å². The fourth-order valence-corrected chi connectivity index (χ4v) is 1.85. The first-order valence-electron chi connectivity index (χ1n) is 5.34. The molecule has 1 aromatic rings. The SMILES string of the molecule is O=C(O)CC1CCOC(=O)N1Cc1ccco1. The van der Waals surface area contributed by atoms with Gasteiger partial charge in [-0.2, -0.15) is 0 Å². The lowest BCUT2D eigenvalue weighted by Crippen LogP contribution is -2.45. The Balaban J connectivity index is 2.07. The van der Waals surface area contributed by atoms with Crippen LogP contribution in [0.2, 0.25) is 0 Å². The van der Waals surface area contributed by atoms with Crippen molar-refractivity contribution in [1.82, 2.24) is 4.90 Å². The molecule has 1 saturated heterocycles. The van der Waals surface area contributed by atoms with Gasteiger partial charge in [0.2, 0.25) is 0 Å². The van der Waals surface area contributed by atoms with Gasteiger partial charge in [-0.25, -0.2) is 4.79 Å². The van der Waals surface area contributed by atoms with E-state index in [1.807, 2.05) is 0 Å². The molecule has 1 aliphatic rings. The number of nitrogens with zero attached hydrogens (tertiary/aromatic N) is 1. The van der Waals surface area contributed by atoms with E-state index in [9.17, 15) is 9.59 Å². The van der Waals surface area contributed by atoms with Gasteiger partial charge in [0.25, 0.3) is 0 Å². The average Bonchev–Trinajstić information content (AvgIpc) is 2.75. The molecule has 2 heterocycles. The topological polar surface area (TPSA) is 80.0 Å². The Labute approximate surface area is 97.8 Å². The maximum absolute atomic E-state index is 11.6. The lowest BCUT2D eigenvalue weighted by molar-refractivity contribution is -0.138. The third-order valence-corrected chi connectivity index (χ3v) is 2.67. The van der Waals surface area contributed by atoms with E-state index < -0.39 is 12.1 Å². The van der Waals surface area contributed by atoms with Gasteiger partial charge in [0.15, 0.2) is 0 Å². The standard InChI is InChI=1S/C11H13NO5/c13-10(14)6-8-3-5-17-11(15)12(8)7-9-2-1-4-16-9/h1-2,4,8H,3,5-7H2,(H,13,14). The first-order valence-corrected chi connectivity index (χ1v) is 5.34. The summed E-state index contributed by atoms with van der Waals surface area (Å²) in [6.45, 7) is 0.509. The second-order valence-corrected chi connectivity index (χ2v) is 3.86. The molecule has 6 nitrogen and oxygen atoms in total. The lowest BCUT2D eigenvalue weighted by atomic mass is 10.1. The number of hydrogen-bond acceptors (Lipinski definition) is 4. The van der Waals surface area contributed by atoms with Crippen LogP contribution in [0.25, 0.3) is 0 Å². The van der Waals surface area contributed by atoms with E-state index >= 15 is 0 Å². The third kappa shape index (κ3) is 2.77. The van der Waals surface area contributed by atoms with Gasteiger partial charge < -0.3 is 14.3 Å². The summed E-state index contributed by atoms with van der Waals surface area (Å²) in [4.78, 5) is 23.7. The van der Waals surface area contributed by atoms with Gasteiger partial charge in [0.1, 0.15) is 5.76 Å². The second kappa shape index (κ2) is 4.90. The highest BCUT2D eigenvalue weighted by Crippen LogP contribution is 2.19. The zero-order valence-corrected chi connectivity index (χ0v) is 9.17. The quantitative estimate of drug-likeness (QED) is 0.860. The molecule has 0 aromatic carbocycles. The zero-order valence-electron chi connectivity index (χ0n) is 9.17. The molecule has 0 bridgehead atoms. The normalized spacial score (nSPS) is 20.1. The van der Waals surface area contributed by atoms with Crippen LogP contribution in [0.5, 0.6) is 0 Å². The Hall–Kier alpha value is -1.98. The molecular formula is C11H13NO5. The van der Waals surface area contributed by atoms with Crippen LogP contribution in [0.15, 0.2) is 22.8 Å². The number of carboxylic acid groups (broad SMARTS) is 1. The van der Waals surface area contributed by atoms with Crippen LogP contribution in [-0.2, 0) is 16.1 Å². The van der Waals surface area contributed by atoms with E-state index in [4.69, 9.17) is 14.3 Å². The summed E-state index contributed by atoms with van der Waals surface area (Å²) < 4.78 is 10.0. The molecule has 1 fully saturated rings. The Bertz CT molecular complexity index is 400. The van der Waals surface area contributed by atoms with Crippen LogP contribution in [0.1, 0.15) is 18.6 Å². The number of carbonyl (C=O) groups is 2. The summed E-state index contributed by atoms with van der Waals surface area (Å²) in [5.74, 6) is -0.312. The van der Waals surface area contributed by atoms with E-state index in [1.54, 1.807) is 12.1 Å². The molecular weight excluding hydrogens is 226 g/mol. The number of aliphatic carboxylic acids is 1. The Morgan fingerprint density at radius 1 is 1.59 bits per heavy atom. The maximum Gasteiger partial charge on any atom is 0.410 e. The van der Waals surface area contributed by atoms with E-state index in [0.29, 0.717) is 12.2 Å². The van der Waals surface area contributed by atoms with Gasteiger partial charge in [-0.3, -0.25) is 9.69 Å². The summed E-state index contributed by atoms with van der Waals surface area (Å²) in [5.41, 5.74) is 0. The molecule has 1 aliphatic heterocycles. The van der Waals surface area contributed by atoms with Crippen LogP contribution >= 0.6 is 0 Å². The number of hydrogen-bond donors (Lipinski definition) is 1. The van der Waals surface area contributed by atoms with Crippen molar-refractivity contribution in [3.8, 4) is 0 Å². The monoisotopic (exact) mass is 239 g/mol. The molecule has 6 heteroatoms.